The number of sulfonamides is 1. The maximum absolute atomic E-state index is 13.5. The summed E-state index contributed by atoms with van der Waals surface area (Å²) >= 11 is 6.11. The second-order valence-electron chi connectivity index (χ2n) is 8.44. The van der Waals surface area contributed by atoms with Crippen LogP contribution < -0.4 is 0 Å². The number of benzene rings is 2. The molecule has 1 amide bonds. The van der Waals surface area contributed by atoms with E-state index in [1.807, 2.05) is 49.4 Å². The van der Waals surface area contributed by atoms with E-state index in [0.717, 1.165) is 22.0 Å². The molecule has 1 saturated heterocycles. The zero-order valence-electron chi connectivity index (χ0n) is 19.3. The van der Waals surface area contributed by atoms with E-state index in [-0.39, 0.29) is 24.0 Å². The van der Waals surface area contributed by atoms with Gasteiger partial charge >= 0.3 is 0 Å². The quantitative estimate of drug-likeness (QED) is 0.397. The minimum Gasteiger partial charge on any atom is -0.336 e. The first kappa shape index (κ1) is 23.5. The number of nitrogens with zero attached hydrogens (tertiary/aromatic N) is 4. The molecule has 0 spiro atoms. The highest BCUT2D eigenvalue weighted by atomic mass is 35.5. The monoisotopic (exact) mass is 508 g/mol. The lowest BCUT2D eigenvalue weighted by atomic mass is 10.0. The fourth-order valence-corrected chi connectivity index (χ4v) is 6.42. The van der Waals surface area contributed by atoms with Gasteiger partial charge in [0.05, 0.1) is 0 Å². The predicted octanol–water partition coefficient (Wildman–Crippen LogP) is 4.52. The van der Waals surface area contributed by atoms with Crippen LogP contribution in [0.15, 0.2) is 78.1 Å². The van der Waals surface area contributed by atoms with E-state index in [1.165, 1.54) is 4.31 Å². The molecule has 0 atom stereocenters. The molecule has 35 heavy (non-hydrogen) atoms. The molecule has 1 fully saturated rings. The zero-order chi connectivity index (χ0) is 24.6. The molecule has 2 aromatic carbocycles. The molecule has 5 rings (SSSR count). The Morgan fingerprint density at radius 1 is 0.914 bits per heavy atom. The van der Waals surface area contributed by atoms with Gasteiger partial charge < -0.3 is 9.47 Å². The average molecular weight is 509 g/mol. The second-order valence-corrected chi connectivity index (χ2v) is 10.8. The molecule has 0 saturated carbocycles. The highest BCUT2D eigenvalue weighted by Crippen LogP contribution is 2.29. The lowest BCUT2D eigenvalue weighted by molar-refractivity contribution is 0.0697. The lowest BCUT2D eigenvalue weighted by Gasteiger charge is -2.34. The average Bonchev–Trinajstić information content (AvgIpc) is 3.27. The summed E-state index contributed by atoms with van der Waals surface area (Å²) in [6.45, 7) is 3.60. The molecular formula is C26H25ClN4O3S. The Bertz CT molecular complexity index is 1480. The normalized spacial score (nSPS) is 15.0. The van der Waals surface area contributed by atoms with Crippen molar-refractivity contribution in [2.45, 2.75) is 18.5 Å². The van der Waals surface area contributed by atoms with Gasteiger partial charge in [0.1, 0.15) is 0 Å². The van der Waals surface area contributed by atoms with E-state index >= 15 is 0 Å². The molecule has 0 N–H and O–H groups in total. The van der Waals surface area contributed by atoms with Crippen molar-refractivity contribution >= 4 is 38.4 Å². The Morgan fingerprint density at radius 3 is 2.23 bits per heavy atom. The van der Waals surface area contributed by atoms with Crippen molar-refractivity contribution in [3.63, 3.8) is 0 Å². The number of carbonyl (C=O) groups excluding carboxylic acids is 1. The first-order valence-electron chi connectivity index (χ1n) is 11.5. The van der Waals surface area contributed by atoms with Gasteiger partial charge in [-0.05, 0) is 66.6 Å². The van der Waals surface area contributed by atoms with Gasteiger partial charge in [-0.1, -0.05) is 23.7 Å². The molecule has 1 aliphatic rings. The Labute approximate surface area is 209 Å². The largest absolute Gasteiger partial charge is 0.336 e. The van der Waals surface area contributed by atoms with Gasteiger partial charge in [0.2, 0.25) is 0 Å². The van der Waals surface area contributed by atoms with Crippen molar-refractivity contribution in [2.24, 2.45) is 0 Å². The van der Waals surface area contributed by atoms with Crippen LogP contribution in [0.3, 0.4) is 0 Å². The molecular weight excluding hydrogens is 484 g/mol. The summed E-state index contributed by atoms with van der Waals surface area (Å²) in [5.74, 6) is -0.0966. The predicted molar refractivity (Wildman–Crippen MR) is 137 cm³/mol. The highest BCUT2D eigenvalue weighted by Gasteiger charge is 2.33. The molecule has 180 valence electrons. The molecule has 0 aliphatic carbocycles. The first-order chi connectivity index (χ1) is 16.9. The number of aryl methyl sites for hydroxylation is 1. The van der Waals surface area contributed by atoms with Crippen LogP contribution in [0.25, 0.3) is 22.0 Å². The van der Waals surface area contributed by atoms with Gasteiger partial charge in [-0.15, -0.1) is 0 Å². The fourth-order valence-electron chi connectivity index (χ4n) is 4.55. The van der Waals surface area contributed by atoms with Gasteiger partial charge in [0, 0.05) is 66.6 Å². The van der Waals surface area contributed by atoms with Crippen LogP contribution in [-0.4, -0.2) is 59.3 Å². The summed E-state index contributed by atoms with van der Waals surface area (Å²) in [4.78, 5) is 18.8. The van der Waals surface area contributed by atoms with E-state index in [2.05, 4.69) is 4.98 Å². The SMILES string of the molecule is CCn1c(S(=O)(=O)N2CCN(C(=O)c3ccc(-c4ccncc4)cc3)CC2)cc2cc(Cl)ccc21. The van der Waals surface area contributed by atoms with Crippen LogP contribution in [0.4, 0.5) is 0 Å². The van der Waals surface area contributed by atoms with Crippen molar-refractivity contribution < 1.29 is 13.2 Å². The van der Waals surface area contributed by atoms with Crippen LogP contribution in [0.1, 0.15) is 17.3 Å². The van der Waals surface area contributed by atoms with Crippen LogP contribution in [-0.2, 0) is 16.6 Å². The number of hydrogen-bond donors (Lipinski definition) is 0. The Hall–Kier alpha value is -3.20. The molecule has 2 aromatic heterocycles. The third-order valence-electron chi connectivity index (χ3n) is 6.42. The molecule has 0 unspecified atom stereocenters. The van der Waals surface area contributed by atoms with E-state index in [0.29, 0.717) is 30.2 Å². The number of carbonyl (C=O) groups is 1. The van der Waals surface area contributed by atoms with Crippen LogP contribution in [0.2, 0.25) is 5.02 Å². The first-order valence-corrected chi connectivity index (χ1v) is 13.3. The van der Waals surface area contributed by atoms with Gasteiger partial charge in [0.15, 0.2) is 5.03 Å². The third kappa shape index (κ3) is 4.45. The molecule has 9 heteroatoms. The molecule has 0 radical (unpaired) electrons. The third-order valence-corrected chi connectivity index (χ3v) is 8.56. The van der Waals surface area contributed by atoms with E-state index in [4.69, 9.17) is 11.6 Å². The number of pyridine rings is 1. The molecule has 7 nitrogen and oxygen atoms in total. The van der Waals surface area contributed by atoms with Crippen LogP contribution in [0.5, 0.6) is 0 Å². The zero-order valence-corrected chi connectivity index (χ0v) is 20.8. The lowest BCUT2D eigenvalue weighted by Crippen LogP contribution is -2.50. The number of amides is 1. The molecule has 1 aliphatic heterocycles. The topological polar surface area (TPSA) is 75.5 Å². The second kappa shape index (κ2) is 9.45. The summed E-state index contributed by atoms with van der Waals surface area (Å²) in [5.41, 5.74) is 3.46. The number of halogens is 1. The minimum absolute atomic E-state index is 0.0966. The molecule has 0 bridgehead atoms. The number of aromatic nitrogens is 2. The molecule has 4 aromatic rings. The number of rotatable bonds is 5. The summed E-state index contributed by atoms with van der Waals surface area (Å²) in [6, 6.07) is 18.4. The molecule has 3 heterocycles. The summed E-state index contributed by atoms with van der Waals surface area (Å²) < 4.78 is 30.3. The van der Waals surface area contributed by atoms with Gasteiger partial charge in [-0.3, -0.25) is 9.78 Å². The van der Waals surface area contributed by atoms with Gasteiger partial charge in [-0.25, -0.2) is 8.42 Å². The van der Waals surface area contributed by atoms with Crippen LogP contribution >= 0.6 is 11.6 Å². The fraction of sp³-hybridized carbons (Fsp3) is 0.231. The van der Waals surface area contributed by atoms with Crippen molar-refractivity contribution in [1.82, 2.24) is 18.8 Å². The van der Waals surface area contributed by atoms with Crippen molar-refractivity contribution in [1.29, 1.82) is 0 Å². The van der Waals surface area contributed by atoms with Gasteiger partial charge in [0.25, 0.3) is 15.9 Å². The van der Waals surface area contributed by atoms with E-state index in [1.54, 1.807) is 40.1 Å². The maximum atomic E-state index is 13.5. The summed E-state index contributed by atoms with van der Waals surface area (Å²) in [5, 5.41) is 1.61. The maximum Gasteiger partial charge on any atom is 0.258 e. The van der Waals surface area contributed by atoms with Crippen LogP contribution in [0, 0.1) is 0 Å². The van der Waals surface area contributed by atoms with Gasteiger partial charge in [-0.2, -0.15) is 4.31 Å². The standard InChI is InChI=1S/C26H25ClN4O3S/c1-2-31-24-8-7-23(27)17-22(24)18-25(31)35(33,34)30-15-13-29(14-16-30)26(32)21-5-3-19(4-6-21)20-9-11-28-12-10-20/h3-12,17-18H,2,13-16H2,1H3. The Morgan fingerprint density at radius 2 is 1.57 bits per heavy atom. The number of piperazine rings is 1. The number of fused-ring (bicyclic) bond motifs is 1. The van der Waals surface area contributed by atoms with E-state index in [9.17, 15) is 13.2 Å². The summed E-state index contributed by atoms with van der Waals surface area (Å²) in [7, 11) is -3.72. The van der Waals surface area contributed by atoms with Crippen molar-refractivity contribution in [3.8, 4) is 11.1 Å². The van der Waals surface area contributed by atoms with Crippen molar-refractivity contribution in [3.05, 3.63) is 83.6 Å². The van der Waals surface area contributed by atoms with Crippen molar-refractivity contribution in [2.75, 3.05) is 26.2 Å². The highest BCUT2D eigenvalue weighted by molar-refractivity contribution is 7.89. The number of hydrogen-bond acceptors (Lipinski definition) is 4. The Kier molecular flexibility index (Phi) is 6.35. The summed E-state index contributed by atoms with van der Waals surface area (Å²) in [6.07, 6.45) is 3.47. The van der Waals surface area contributed by atoms with E-state index < -0.39 is 10.0 Å². The smallest absolute Gasteiger partial charge is 0.258 e. The minimum atomic E-state index is -3.72. The Balaban J connectivity index is 1.30.